The summed E-state index contributed by atoms with van der Waals surface area (Å²) < 4.78 is 2.04. The summed E-state index contributed by atoms with van der Waals surface area (Å²) >= 11 is 11.9. The van der Waals surface area contributed by atoms with Gasteiger partial charge in [0.25, 0.3) is 0 Å². The predicted molar refractivity (Wildman–Crippen MR) is 83.1 cm³/mol. The lowest BCUT2D eigenvalue weighted by Gasteiger charge is -2.14. The third-order valence-corrected chi connectivity index (χ3v) is 4.03. The van der Waals surface area contributed by atoms with Gasteiger partial charge in [-0.1, -0.05) is 41.4 Å². The van der Waals surface area contributed by atoms with E-state index in [0.717, 1.165) is 16.6 Å². The molecule has 0 bridgehead atoms. The van der Waals surface area contributed by atoms with Gasteiger partial charge in [0.1, 0.15) is 0 Å². The molecule has 0 radical (unpaired) electrons. The number of aromatic nitrogens is 2. The first-order chi connectivity index (χ1) is 9.65. The van der Waals surface area contributed by atoms with Crippen LogP contribution in [0.15, 0.2) is 48.8 Å². The Bertz CT molecular complexity index is 752. The van der Waals surface area contributed by atoms with Gasteiger partial charge in [-0.15, -0.1) is 0 Å². The summed E-state index contributed by atoms with van der Waals surface area (Å²) in [6, 6.07) is 13.3. The Balaban J connectivity index is 1.88. The van der Waals surface area contributed by atoms with Gasteiger partial charge >= 0.3 is 0 Å². The fourth-order valence-electron chi connectivity index (χ4n) is 2.22. The van der Waals surface area contributed by atoms with Crippen molar-refractivity contribution in [3.63, 3.8) is 0 Å². The largest absolute Gasteiger partial charge is 0.329 e. The molecule has 3 rings (SSSR count). The first-order valence-corrected chi connectivity index (χ1v) is 7.01. The molecule has 102 valence electrons. The maximum Gasteiger partial charge on any atom is 0.0958 e. The zero-order chi connectivity index (χ0) is 14.1. The highest BCUT2D eigenvalue weighted by Gasteiger charge is 2.11. The molecule has 1 heterocycles. The maximum atomic E-state index is 6.25. The molecule has 5 heteroatoms. The van der Waals surface area contributed by atoms with Gasteiger partial charge in [-0.3, -0.25) is 0 Å². The number of fused-ring (bicyclic) bond motifs is 1. The highest BCUT2D eigenvalue weighted by molar-refractivity contribution is 6.42. The minimum atomic E-state index is -0.164. The van der Waals surface area contributed by atoms with Crippen molar-refractivity contribution >= 4 is 34.2 Å². The van der Waals surface area contributed by atoms with Crippen LogP contribution in [0.3, 0.4) is 0 Å². The second-order valence-corrected chi connectivity index (χ2v) is 5.48. The lowest BCUT2D eigenvalue weighted by Crippen LogP contribution is -2.17. The van der Waals surface area contributed by atoms with Crippen LogP contribution in [0.25, 0.3) is 11.0 Å². The Hall–Kier alpha value is -1.55. The topological polar surface area (TPSA) is 43.8 Å². The lowest BCUT2D eigenvalue weighted by atomic mass is 10.1. The highest BCUT2D eigenvalue weighted by atomic mass is 35.5. The molecular formula is C15H13Cl2N3. The van der Waals surface area contributed by atoms with Crippen LogP contribution in [-0.2, 0) is 6.54 Å². The Morgan fingerprint density at radius 1 is 1.10 bits per heavy atom. The number of imidazole rings is 1. The number of hydrogen-bond donors (Lipinski definition) is 1. The van der Waals surface area contributed by atoms with Gasteiger partial charge in [0, 0.05) is 12.6 Å². The van der Waals surface area contributed by atoms with E-state index < -0.39 is 0 Å². The van der Waals surface area contributed by atoms with E-state index in [4.69, 9.17) is 28.9 Å². The molecule has 0 aliphatic carbocycles. The van der Waals surface area contributed by atoms with Crippen molar-refractivity contribution in [1.82, 2.24) is 9.55 Å². The predicted octanol–water partition coefficient (Wildman–Crippen LogP) is 4.04. The van der Waals surface area contributed by atoms with Gasteiger partial charge in [0.05, 0.1) is 27.4 Å². The molecule has 3 aromatic rings. The SMILES string of the molecule is NC(Cn1cnc2ccccc21)c1ccc(Cl)c(Cl)c1. The molecule has 3 nitrogen and oxygen atoms in total. The quantitative estimate of drug-likeness (QED) is 0.793. The molecule has 0 saturated carbocycles. The lowest BCUT2D eigenvalue weighted by molar-refractivity contribution is 0.588. The summed E-state index contributed by atoms with van der Waals surface area (Å²) in [6.45, 7) is 0.637. The van der Waals surface area contributed by atoms with Crippen LogP contribution < -0.4 is 5.73 Å². The van der Waals surface area contributed by atoms with Crippen LogP contribution in [0.2, 0.25) is 10.0 Å². The van der Waals surface area contributed by atoms with Gasteiger partial charge in [-0.2, -0.15) is 0 Å². The molecule has 0 aliphatic heterocycles. The number of para-hydroxylation sites is 2. The Morgan fingerprint density at radius 3 is 2.70 bits per heavy atom. The molecular weight excluding hydrogens is 293 g/mol. The van der Waals surface area contributed by atoms with Crippen molar-refractivity contribution < 1.29 is 0 Å². The normalized spacial score (nSPS) is 12.8. The van der Waals surface area contributed by atoms with Crippen LogP contribution in [0.5, 0.6) is 0 Å². The van der Waals surface area contributed by atoms with E-state index in [0.29, 0.717) is 16.6 Å². The van der Waals surface area contributed by atoms with Crippen molar-refractivity contribution in [2.45, 2.75) is 12.6 Å². The third kappa shape index (κ3) is 2.52. The molecule has 1 aromatic heterocycles. The van der Waals surface area contributed by atoms with E-state index in [1.54, 1.807) is 6.07 Å². The number of nitrogens with zero attached hydrogens (tertiary/aromatic N) is 2. The molecule has 0 spiro atoms. The molecule has 0 fully saturated rings. The van der Waals surface area contributed by atoms with Gasteiger partial charge in [0.15, 0.2) is 0 Å². The summed E-state index contributed by atoms with van der Waals surface area (Å²) in [4.78, 5) is 4.36. The van der Waals surface area contributed by atoms with Crippen molar-refractivity contribution in [3.8, 4) is 0 Å². The van der Waals surface area contributed by atoms with E-state index >= 15 is 0 Å². The zero-order valence-corrected chi connectivity index (χ0v) is 12.1. The second-order valence-electron chi connectivity index (χ2n) is 4.67. The number of rotatable bonds is 3. The first-order valence-electron chi connectivity index (χ1n) is 6.25. The van der Waals surface area contributed by atoms with Crippen LogP contribution in [0.4, 0.5) is 0 Å². The third-order valence-electron chi connectivity index (χ3n) is 3.29. The molecule has 1 unspecified atom stereocenters. The van der Waals surface area contributed by atoms with Crippen LogP contribution in [-0.4, -0.2) is 9.55 Å². The number of halogens is 2. The summed E-state index contributed by atoms with van der Waals surface area (Å²) in [6.07, 6.45) is 1.81. The van der Waals surface area contributed by atoms with Crippen molar-refractivity contribution in [3.05, 3.63) is 64.4 Å². The molecule has 1 atom stereocenters. The average Bonchev–Trinajstić information content (AvgIpc) is 2.85. The Morgan fingerprint density at radius 2 is 1.90 bits per heavy atom. The molecule has 2 aromatic carbocycles. The highest BCUT2D eigenvalue weighted by Crippen LogP contribution is 2.26. The summed E-state index contributed by atoms with van der Waals surface area (Å²) in [7, 11) is 0. The number of nitrogens with two attached hydrogens (primary N) is 1. The van der Waals surface area contributed by atoms with Gasteiger partial charge in [-0.05, 0) is 29.8 Å². The minimum Gasteiger partial charge on any atom is -0.329 e. The molecule has 20 heavy (non-hydrogen) atoms. The molecule has 0 amide bonds. The van der Waals surface area contributed by atoms with Crippen LogP contribution in [0, 0.1) is 0 Å². The minimum absolute atomic E-state index is 0.164. The van der Waals surface area contributed by atoms with E-state index in [1.165, 1.54) is 0 Å². The van der Waals surface area contributed by atoms with Gasteiger partial charge in [0.2, 0.25) is 0 Å². The monoisotopic (exact) mass is 305 g/mol. The van der Waals surface area contributed by atoms with Crippen LogP contribution in [0.1, 0.15) is 11.6 Å². The maximum absolute atomic E-state index is 6.25. The van der Waals surface area contributed by atoms with Crippen molar-refractivity contribution in [2.24, 2.45) is 5.73 Å². The van der Waals surface area contributed by atoms with Crippen molar-refractivity contribution in [1.29, 1.82) is 0 Å². The van der Waals surface area contributed by atoms with Gasteiger partial charge in [-0.25, -0.2) is 4.98 Å². The van der Waals surface area contributed by atoms with E-state index in [-0.39, 0.29) is 6.04 Å². The fourth-order valence-corrected chi connectivity index (χ4v) is 2.52. The summed E-state index contributed by atoms with van der Waals surface area (Å²) in [5.41, 5.74) is 9.24. The van der Waals surface area contributed by atoms with E-state index in [2.05, 4.69) is 4.98 Å². The van der Waals surface area contributed by atoms with Crippen LogP contribution >= 0.6 is 23.2 Å². The number of hydrogen-bond acceptors (Lipinski definition) is 2. The summed E-state index contributed by atoms with van der Waals surface area (Å²) in [5, 5.41) is 1.06. The number of benzene rings is 2. The smallest absolute Gasteiger partial charge is 0.0958 e. The molecule has 0 saturated heterocycles. The fraction of sp³-hybridized carbons (Fsp3) is 0.133. The van der Waals surface area contributed by atoms with Gasteiger partial charge < -0.3 is 10.3 Å². The summed E-state index contributed by atoms with van der Waals surface area (Å²) in [5.74, 6) is 0. The Kier molecular flexibility index (Phi) is 3.66. The van der Waals surface area contributed by atoms with E-state index in [9.17, 15) is 0 Å². The van der Waals surface area contributed by atoms with Crippen molar-refractivity contribution in [2.75, 3.05) is 0 Å². The molecule has 0 aliphatic rings. The second kappa shape index (κ2) is 5.44. The Labute approximate surface area is 126 Å². The standard InChI is InChI=1S/C15H13Cl2N3/c16-11-6-5-10(7-12(11)17)13(18)8-20-9-19-14-3-1-2-4-15(14)20/h1-7,9,13H,8,18H2. The van der Waals surface area contributed by atoms with E-state index in [1.807, 2.05) is 47.3 Å². The average molecular weight is 306 g/mol. The first kappa shape index (κ1) is 13.4. The molecule has 2 N–H and O–H groups in total. The zero-order valence-electron chi connectivity index (χ0n) is 10.6.